The molecular formula is C21H22N2O2. The molecule has 1 saturated heterocycles. The van der Waals surface area contributed by atoms with Gasteiger partial charge in [-0.15, -0.1) is 0 Å². The highest BCUT2D eigenvalue weighted by atomic mass is 16.5. The molecule has 2 heterocycles. The predicted octanol–water partition coefficient (Wildman–Crippen LogP) is 3.52. The highest BCUT2D eigenvalue weighted by Crippen LogP contribution is 2.32. The van der Waals surface area contributed by atoms with Crippen LogP contribution in [-0.4, -0.2) is 10.7 Å². The Kier molecular flexibility index (Phi) is 4.42. The van der Waals surface area contributed by atoms with Crippen molar-refractivity contribution in [2.24, 2.45) is 0 Å². The van der Waals surface area contributed by atoms with Crippen molar-refractivity contribution in [2.45, 2.75) is 57.3 Å². The number of hydrogen-bond donors (Lipinski definition) is 0. The Balaban J connectivity index is 1.60. The number of nitrogens with zero attached hydrogens (tertiary/aromatic N) is 2. The largest absolute Gasteiger partial charge is 0.368 e. The molecule has 2 unspecified atom stereocenters. The van der Waals surface area contributed by atoms with Gasteiger partial charge in [-0.3, -0.25) is 4.79 Å². The van der Waals surface area contributed by atoms with E-state index >= 15 is 0 Å². The van der Waals surface area contributed by atoms with E-state index in [-0.39, 0.29) is 23.3 Å². The standard InChI is InChI=1S/C21H22N2O2/c22-13-17-12-16-8-4-10-19(16)23(21(17)24)14-18-9-5-11-20(25-18)15-6-2-1-3-7-15/h1-3,6-7,12,18,20H,4-5,8-11,14H2. The molecule has 2 aliphatic rings. The zero-order valence-electron chi connectivity index (χ0n) is 14.3. The Labute approximate surface area is 147 Å². The van der Waals surface area contributed by atoms with E-state index in [4.69, 9.17) is 4.74 Å². The van der Waals surface area contributed by atoms with Gasteiger partial charge in [-0.1, -0.05) is 30.3 Å². The van der Waals surface area contributed by atoms with Gasteiger partial charge in [0.15, 0.2) is 0 Å². The highest BCUT2D eigenvalue weighted by Gasteiger charge is 2.26. The molecule has 4 heteroatoms. The maximum absolute atomic E-state index is 12.7. The van der Waals surface area contributed by atoms with Crippen LogP contribution in [0.1, 0.15) is 54.2 Å². The van der Waals surface area contributed by atoms with E-state index in [0.717, 1.165) is 49.8 Å². The van der Waals surface area contributed by atoms with Crippen molar-refractivity contribution < 1.29 is 4.74 Å². The van der Waals surface area contributed by atoms with Gasteiger partial charge in [-0.25, -0.2) is 0 Å². The van der Waals surface area contributed by atoms with Gasteiger partial charge in [-0.2, -0.15) is 5.26 Å². The molecule has 1 aromatic heterocycles. The SMILES string of the molecule is N#Cc1cc2c(n(CC3CCCC(c4ccccc4)O3)c1=O)CCC2. The molecule has 4 rings (SSSR count). The summed E-state index contributed by atoms with van der Waals surface area (Å²) >= 11 is 0. The number of pyridine rings is 1. The molecule has 2 atom stereocenters. The Morgan fingerprint density at radius 2 is 2.00 bits per heavy atom. The summed E-state index contributed by atoms with van der Waals surface area (Å²) in [5.41, 5.74) is 3.57. The Bertz CT molecular complexity index is 864. The molecule has 128 valence electrons. The van der Waals surface area contributed by atoms with Gasteiger partial charge >= 0.3 is 0 Å². The molecule has 0 saturated carbocycles. The van der Waals surface area contributed by atoms with Gasteiger partial charge in [0.1, 0.15) is 11.6 Å². The third kappa shape index (κ3) is 3.12. The van der Waals surface area contributed by atoms with E-state index in [2.05, 4.69) is 18.2 Å². The van der Waals surface area contributed by atoms with Crippen LogP contribution in [0, 0.1) is 11.3 Å². The van der Waals surface area contributed by atoms with E-state index in [1.165, 1.54) is 5.56 Å². The topological polar surface area (TPSA) is 55.0 Å². The Morgan fingerprint density at radius 3 is 2.80 bits per heavy atom. The first-order valence-electron chi connectivity index (χ1n) is 9.12. The molecule has 0 spiro atoms. The number of ether oxygens (including phenoxy) is 1. The van der Waals surface area contributed by atoms with Crippen molar-refractivity contribution in [3.8, 4) is 6.07 Å². The van der Waals surface area contributed by atoms with Crippen LogP contribution in [-0.2, 0) is 24.1 Å². The lowest BCUT2D eigenvalue weighted by Gasteiger charge is -2.31. The molecular weight excluding hydrogens is 312 g/mol. The van der Waals surface area contributed by atoms with Crippen molar-refractivity contribution in [3.05, 3.63) is 69.1 Å². The molecule has 1 aliphatic heterocycles. The van der Waals surface area contributed by atoms with Gasteiger partial charge in [0.25, 0.3) is 5.56 Å². The maximum atomic E-state index is 12.7. The molecule has 25 heavy (non-hydrogen) atoms. The van der Waals surface area contributed by atoms with E-state index in [9.17, 15) is 10.1 Å². The molecule has 0 bridgehead atoms. The quantitative estimate of drug-likeness (QED) is 0.863. The number of aromatic nitrogens is 1. The summed E-state index contributed by atoms with van der Waals surface area (Å²) in [6.07, 6.45) is 6.14. The third-order valence-electron chi connectivity index (χ3n) is 5.38. The Hall–Kier alpha value is -2.38. The summed E-state index contributed by atoms with van der Waals surface area (Å²) in [4.78, 5) is 12.7. The van der Waals surface area contributed by atoms with Crippen LogP contribution in [0.5, 0.6) is 0 Å². The highest BCUT2D eigenvalue weighted by molar-refractivity contribution is 5.36. The summed E-state index contributed by atoms with van der Waals surface area (Å²) in [7, 11) is 0. The minimum absolute atomic E-state index is 0.0234. The molecule has 1 aromatic carbocycles. The zero-order chi connectivity index (χ0) is 17.2. The fraction of sp³-hybridized carbons (Fsp3) is 0.429. The van der Waals surface area contributed by atoms with Gasteiger partial charge in [0.2, 0.25) is 0 Å². The van der Waals surface area contributed by atoms with Crippen molar-refractivity contribution in [1.82, 2.24) is 4.57 Å². The molecule has 0 N–H and O–H groups in total. The van der Waals surface area contributed by atoms with Gasteiger partial charge < -0.3 is 9.30 Å². The number of benzene rings is 1. The average Bonchev–Trinajstić information content (AvgIpc) is 3.13. The van der Waals surface area contributed by atoms with Crippen molar-refractivity contribution in [2.75, 3.05) is 0 Å². The summed E-state index contributed by atoms with van der Waals surface area (Å²) in [6.45, 7) is 0.556. The van der Waals surface area contributed by atoms with Crippen molar-refractivity contribution in [1.29, 1.82) is 5.26 Å². The van der Waals surface area contributed by atoms with E-state index in [1.807, 2.05) is 22.8 Å². The lowest BCUT2D eigenvalue weighted by molar-refractivity contribution is -0.0593. The minimum Gasteiger partial charge on any atom is -0.368 e. The molecule has 0 radical (unpaired) electrons. The number of aryl methyl sites for hydroxylation is 1. The van der Waals surface area contributed by atoms with Crippen LogP contribution in [0.25, 0.3) is 0 Å². The summed E-state index contributed by atoms with van der Waals surface area (Å²) in [6, 6.07) is 14.1. The fourth-order valence-electron chi connectivity index (χ4n) is 4.14. The predicted molar refractivity (Wildman–Crippen MR) is 95.3 cm³/mol. The molecule has 4 nitrogen and oxygen atoms in total. The fourth-order valence-corrected chi connectivity index (χ4v) is 4.14. The van der Waals surface area contributed by atoms with Crippen LogP contribution < -0.4 is 5.56 Å². The normalized spacial score (nSPS) is 22.4. The zero-order valence-corrected chi connectivity index (χ0v) is 14.3. The molecule has 1 aliphatic carbocycles. The lowest BCUT2D eigenvalue weighted by atomic mass is 9.98. The first kappa shape index (κ1) is 16.1. The number of hydrogen-bond acceptors (Lipinski definition) is 3. The van der Waals surface area contributed by atoms with Crippen LogP contribution in [0.4, 0.5) is 0 Å². The Morgan fingerprint density at radius 1 is 1.16 bits per heavy atom. The van der Waals surface area contributed by atoms with Gasteiger partial charge in [-0.05, 0) is 55.7 Å². The number of nitriles is 1. The number of rotatable bonds is 3. The minimum atomic E-state index is -0.159. The second-order valence-electron chi connectivity index (χ2n) is 7.00. The van der Waals surface area contributed by atoms with E-state index in [1.54, 1.807) is 6.07 Å². The van der Waals surface area contributed by atoms with Crippen LogP contribution in [0.15, 0.2) is 41.2 Å². The van der Waals surface area contributed by atoms with Gasteiger partial charge in [0, 0.05) is 5.69 Å². The van der Waals surface area contributed by atoms with E-state index < -0.39 is 0 Å². The lowest BCUT2D eigenvalue weighted by Crippen LogP contribution is -2.34. The average molecular weight is 334 g/mol. The third-order valence-corrected chi connectivity index (χ3v) is 5.38. The van der Waals surface area contributed by atoms with Crippen LogP contribution in [0.3, 0.4) is 0 Å². The molecule has 1 fully saturated rings. The van der Waals surface area contributed by atoms with Crippen molar-refractivity contribution >= 4 is 0 Å². The van der Waals surface area contributed by atoms with Crippen LogP contribution in [0.2, 0.25) is 0 Å². The second-order valence-corrected chi connectivity index (χ2v) is 7.00. The maximum Gasteiger partial charge on any atom is 0.268 e. The first-order chi connectivity index (χ1) is 12.3. The summed E-state index contributed by atoms with van der Waals surface area (Å²) in [5, 5.41) is 9.28. The van der Waals surface area contributed by atoms with Crippen LogP contribution >= 0.6 is 0 Å². The number of fused-ring (bicyclic) bond motifs is 1. The smallest absolute Gasteiger partial charge is 0.268 e. The molecule has 2 aromatic rings. The van der Waals surface area contributed by atoms with Gasteiger partial charge in [0.05, 0.1) is 18.8 Å². The monoisotopic (exact) mass is 334 g/mol. The molecule has 0 amide bonds. The van der Waals surface area contributed by atoms with Crippen molar-refractivity contribution in [3.63, 3.8) is 0 Å². The first-order valence-corrected chi connectivity index (χ1v) is 9.12. The second kappa shape index (κ2) is 6.85. The van der Waals surface area contributed by atoms with E-state index in [0.29, 0.717) is 6.54 Å². The summed E-state index contributed by atoms with van der Waals surface area (Å²) < 4.78 is 8.14. The summed E-state index contributed by atoms with van der Waals surface area (Å²) in [5.74, 6) is 0.